The number of hydrogen-bond donors (Lipinski definition) is 1. The number of likely N-dealkylation sites (tertiary alicyclic amines) is 1. The molecule has 0 spiro atoms. The van der Waals surface area contributed by atoms with Crippen molar-refractivity contribution in [2.24, 2.45) is 7.05 Å². The summed E-state index contributed by atoms with van der Waals surface area (Å²) < 4.78 is 1.81. The summed E-state index contributed by atoms with van der Waals surface area (Å²) in [5.74, 6) is 0. The minimum atomic E-state index is 0.114. The Bertz CT molecular complexity index is 420. The smallest absolute Gasteiger partial charge is 0.319 e. The molecule has 2 heterocycles. The summed E-state index contributed by atoms with van der Waals surface area (Å²) in [7, 11) is 5.52. The summed E-state index contributed by atoms with van der Waals surface area (Å²) in [4.78, 5) is 15.4. The minimum Gasteiger partial charge on any atom is -0.331 e. The topological polar surface area (TPSA) is 53.4 Å². The summed E-state index contributed by atoms with van der Waals surface area (Å²) >= 11 is 0. The highest BCUT2D eigenvalue weighted by Crippen LogP contribution is 2.12. The van der Waals surface area contributed by atoms with E-state index in [1.54, 1.807) is 19.0 Å². The van der Waals surface area contributed by atoms with Crippen LogP contribution in [0.3, 0.4) is 0 Å². The van der Waals surface area contributed by atoms with E-state index in [9.17, 15) is 4.79 Å². The van der Waals surface area contributed by atoms with E-state index in [2.05, 4.69) is 10.4 Å². The molecule has 1 aromatic rings. The Morgan fingerprint density at radius 1 is 1.47 bits per heavy atom. The first kappa shape index (κ1) is 13.9. The van der Waals surface area contributed by atoms with Gasteiger partial charge in [0.25, 0.3) is 0 Å². The van der Waals surface area contributed by atoms with Crippen LogP contribution >= 0.6 is 0 Å². The second-order valence-electron chi connectivity index (χ2n) is 5.30. The van der Waals surface area contributed by atoms with Crippen molar-refractivity contribution in [3.05, 3.63) is 18.0 Å². The first-order valence-corrected chi connectivity index (χ1v) is 6.74. The average molecular weight is 265 g/mol. The van der Waals surface area contributed by atoms with Gasteiger partial charge in [0.05, 0.1) is 5.69 Å². The average Bonchev–Trinajstić information content (AvgIpc) is 2.82. The van der Waals surface area contributed by atoms with Gasteiger partial charge in [-0.1, -0.05) is 0 Å². The van der Waals surface area contributed by atoms with Crippen molar-refractivity contribution >= 4 is 6.03 Å². The molecule has 0 radical (unpaired) electrons. The Balaban J connectivity index is 1.73. The van der Waals surface area contributed by atoms with Crippen molar-refractivity contribution in [1.29, 1.82) is 0 Å². The van der Waals surface area contributed by atoms with Crippen molar-refractivity contribution in [2.75, 3.05) is 27.2 Å². The van der Waals surface area contributed by atoms with Crippen LogP contribution in [0.1, 0.15) is 18.5 Å². The Morgan fingerprint density at radius 3 is 2.68 bits per heavy atom. The SMILES string of the molecule is CN(C)C(=O)N1CCC(NCc2ccn(C)n2)CC1. The third kappa shape index (κ3) is 3.70. The lowest BCUT2D eigenvalue weighted by molar-refractivity contribution is 0.152. The summed E-state index contributed by atoms with van der Waals surface area (Å²) in [5, 5.41) is 7.86. The molecule has 0 atom stereocenters. The Morgan fingerprint density at radius 2 is 2.16 bits per heavy atom. The van der Waals surface area contributed by atoms with Crippen LogP contribution in [0, 0.1) is 0 Å². The Labute approximate surface area is 114 Å². The monoisotopic (exact) mass is 265 g/mol. The zero-order chi connectivity index (χ0) is 13.8. The number of aryl methyl sites for hydroxylation is 1. The first-order chi connectivity index (χ1) is 9.06. The number of carbonyl (C=O) groups excluding carboxylic acids is 1. The Hall–Kier alpha value is -1.56. The summed E-state index contributed by atoms with van der Waals surface area (Å²) in [6.07, 6.45) is 3.97. The van der Waals surface area contributed by atoms with Crippen molar-refractivity contribution in [3.8, 4) is 0 Å². The molecule has 1 fully saturated rings. The Kier molecular flexibility index (Phi) is 4.42. The van der Waals surface area contributed by atoms with Crippen LogP contribution in [0.25, 0.3) is 0 Å². The number of amides is 2. The van der Waals surface area contributed by atoms with Crippen molar-refractivity contribution in [2.45, 2.75) is 25.4 Å². The minimum absolute atomic E-state index is 0.114. The van der Waals surface area contributed by atoms with E-state index in [-0.39, 0.29) is 6.03 Å². The molecule has 2 rings (SSSR count). The van der Waals surface area contributed by atoms with E-state index in [0.717, 1.165) is 38.2 Å². The lowest BCUT2D eigenvalue weighted by Gasteiger charge is -2.33. The molecule has 0 saturated carbocycles. The number of urea groups is 1. The van der Waals surface area contributed by atoms with E-state index in [0.29, 0.717) is 6.04 Å². The molecule has 1 aromatic heterocycles. The van der Waals surface area contributed by atoms with Gasteiger partial charge in [-0.3, -0.25) is 4.68 Å². The molecular weight excluding hydrogens is 242 g/mol. The van der Waals surface area contributed by atoms with Crippen LogP contribution in [-0.4, -0.2) is 58.8 Å². The van der Waals surface area contributed by atoms with Gasteiger partial charge in [0, 0.05) is 53.0 Å². The lowest BCUT2D eigenvalue weighted by atomic mass is 10.1. The van der Waals surface area contributed by atoms with E-state index in [1.165, 1.54) is 0 Å². The second-order valence-corrected chi connectivity index (χ2v) is 5.30. The molecule has 0 unspecified atom stereocenters. The maximum atomic E-state index is 11.8. The maximum absolute atomic E-state index is 11.8. The van der Waals surface area contributed by atoms with Gasteiger partial charge in [0.1, 0.15) is 0 Å². The van der Waals surface area contributed by atoms with Crippen LogP contribution in [0.5, 0.6) is 0 Å². The largest absolute Gasteiger partial charge is 0.331 e. The highest BCUT2D eigenvalue weighted by atomic mass is 16.2. The maximum Gasteiger partial charge on any atom is 0.319 e. The number of piperidine rings is 1. The molecule has 6 heteroatoms. The highest BCUT2D eigenvalue weighted by Gasteiger charge is 2.23. The molecule has 0 aliphatic carbocycles. The molecule has 1 saturated heterocycles. The van der Waals surface area contributed by atoms with E-state index in [1.807, 2.05) is 28.9 Å². The predicted molar refractivity (Wildman–Crippen MR) is 73.7 cm³/mol. The van der Waals surface area contributed by atoms with Gasteiger partial charge in [-0.05, 0) is 18.9 Å². The van der Waals surface area contributed by atoms with Gasteiger partial charge in [-0.25, -0.2) is 4.79 Å². The number of nitrogens with one attached hydrogen (secondary N) is 1. The number of aromatic nitrogens is 2. The zero-order valence-electron chi connectivity index (χ0n) is 12.0. The van der Waals surface area contributed by atoms with E-state index < -0.39 is 0 Å². The number of rotatable bonds is 3. The quantitative estimate of drug-likeness (QED) is 0.873. The molecule has 6 nitrogen and oxygen atoms in total. The second kappa shape index (κ2) is 6.06. The summed E-state index contributed by atoms with van der Waals surface area (Å²) in [5.41, 5.74) is 1.06. The third-order valence-electron chi connectivity index (χ3n) is 3.49. The third-order valence-corrected chi connectivity index (χ3v) is 3.49. The predicted octanol–water partition coefficient (Wildman–Crippen LogP) is 0.656. The molecule has 19 heavy (non-hydrogen) atoms. The van der Waals surface area contributed by atoms with Gasteiger partial charge in [-0.2, -0.15) is 5.10 Å². The van der Waals surface area contributed by atoms with E-state index >= 15 is 0 Å². The molecule has 0 bridgehead atoms. The fourth-order valence-corrected chi connectivity index (χ4v) is 2.36. The lowest BCUT2D eigenvalue weighted by Crippen LogP contribution is -2.47. The van der Waals surface area contributed by atoms with Gasteiger partial charge in [0.2, 0.25) is 0 Å². The zero-order valence-corrected chi connectivity index (χ0v) is 12.0. The first-order valence-electron chi connectivity index (χ1n) is 6.74. The van der Waals surface area contributed by atoms with Gasteiger partial charge in [0.15, 0.2) is 0 Å². The standard InChI is InChI=1S/C13H23N5O/c1-16(2)13(19)18-8-5-11(6-9-18)14-10-12-4-7-17(3)15-12/h4,7,11,14H,5-6,8-10H2,1-3H3. The van der Waals surface area contributed by atoms with Gasteiger partial charge < -0.3 is 15.1 Å². The van der Waals surface area contributed by atoms with Crippen LogP contribution < -0.4 is 5.32 Å². The van der Waals surface area contributed by atoms with Crippen molar-refractivity contribution < 1.29 is 4.79 Å². The van der Waals surface area contributed by atoms with Crippen molar-refractivity contribution in [3.63, 3.8) is 0 Å². The molecule has 1 aliphatic rings. The van der Waals surface area contributed by atoms with Crippen LogP contribution in [0.15, 0.2) is 12.3 Å². The van der Waals surface area contributed by atoms with Gasteiger partial charge >= 0.3 is 6.03 Å². The molecule has 2 amide bonds. The summed E-state index contributed by atoms with van der Waals surface area (Å²) in [6, 6.07) is 2.62. The van der Waals surface area contributed by atoms with Crippen LogP contribution in [0.4, 0.5) is 4.79 Å². The fourth-order valence-electron chi connectivity index (χ4n) is 2.36. The number of hydrogen-bond acceptors (Lipinski definition) is 3. The molecule has 1 aliphatic heterocycles. The fraction of sp³-hybridized carbons (Fsp3) is 0.692. The van der Waals surface area contributed by atoms with E-state index in [4.69, 9.17) is 0 Å². The van der Waals surface area contributed by atoms with Gasteiger partial charge in [-0.15, -0.1) is 0 Å². The normalized spacial score (nSPS) is 16.7. The highest BCUT2D eigenvalue weighted by molar-refractivity contribution is 5.73. The number of carbonyl (C=O) groups is 1. The number of nitrogens with zero attached hydrogens (tertiary/aromatic N) is 4. The van der Waals surface area contributed by atoms with Crippen molar-refractivity contribution in [1.82, 2.24) is 24.9 Å². The molecular formula is C13H23N5O. The van der Waals surface area contributed by atoms with Crippen LogP contribution in [-0.2, 0) is 13.6 Å². The molecule has 106 valence electrons. The van der Waals surface area contributed by atoms with Crippen LogP contribution in [0.2, 0.25) is 0 Å². The molecule has 0 aromatic carbocycles. The summed E-state index contributed by atoms with van der Waals surface area (Å²) in [6.45, 7) is 2.46. The molecule has 1 N–H and O–H groups in total.